The number of rotatable bonds is 4. The van der Waals surface area contributed by atoms with E-state index in [4.69, 9.17) is 15.0 Å². The minimum absolute atomic E-state index is 0.230. The summed E-state index contributed by atoms with van der Waals surface area (Å²) in [5.74, 6) is 0. The average Bonchev–Trinajstić information content (AvgIpc) is 2.87. The van der Waals surface area contributed by atoms with Crippen molar-refractivity contribution in [2.45, 2.75) is 26.1 Å². The second-order valence-corrected chi connectivity index (χ2v) is 9.51. The summed E-state index contributed by atoms with van der Waals surface area (Å²) in [6, 6.07) is 25.0. The van der Waals surface area contributed by atoms with Crippen molar-refractivity contribution in [1.29, 1.82) is 5.26 Å². The molecule has 1 aliphatic rings. The fourth-order valence-electron chi connectivity index (χ4n) is 5.10. The Kier molecular flexibility index (Phi) is 6.15. The van der Waals surface area contributed by atoms with E-state index in [-0.39, 0.29) is 12.2 Å². The SMILES string of the molecule is C[C@@H]1CN(c2ccc(-c3cnc4c(-c5ccc(C#N)cc5)cccc4c3N(C)C)cc2)C[C@H](C)O1. The summed E-state index contributed by atoms with van der Waals surface area (Å²) < 4.78 is 5.90. The Morgan fingerprint density at radius 3 is 2.14 bits per heavy atom. The number of nitriles is 1. The number of pyridine rings is 1. The molecule has 0 unspecified atom stereocenters. The van der Waals surface area contributed by atoms with Crippen molar-refractivity contribution in [3.8, 4) is 28.3 Å². The van der Waals surface area contributed by atoms with Crippen LogP contribution >= 0.6 is 0 Å². The fourth-order valence-corrected chi connectivity index (χ4v) is 5.10. The number of aromatic nitrogens is 1. The van der Waals surface area contributed by atoms with Crippen LogP contribution in [-0.4, -0.2) is 44.4 Å². The number of nitrogens with zero attached hydrogens (tertiary/aromatic N) is 4. The highest BCUT2D eigenvalue weighted by Gasteiger charge is 2.22. The number of para-hydroxylation sites is 1. The zero-order valence-corrected chi connectivity index (χ0v) is 20.7. The van der Waals surface area contributed by atoms with Gasteiger partial charge in [-0.05, 0) is 49.2 Å². The lowest BCUT2D eigenvalue weighted by Crippen LogP contribution is -2.45. The third-order valence-electron chi connectivity index (χ3n) is 6.60. The van der Waals surface area contributed by atoms with Crippen molar-refractivity contribution in [1.82, 2.24) is 4.98 Å². The second-order valence-electron chi connectivity index (χ2n) is 9.51. The molecule has 0 aliphatic carbocycles. The minimum atomic E-state index is 0.230. The van der Waals surface area contributed by atoms with E-state index in [1.807, 2.05) is 30.5 Å². The molecule has 1 aliphatic heterocycles. The van der Waals surface area contributed by atoms with Gasteiger partial charge in [-0.25, -0.2) is 0 Å². The van der Waals surface area contributed by atoms with E-state index >= 15 is 0 Å². The molecule has 2 atom stereocenters. The largest absolute Gasteiger partial charge is 0.377 e. The third-order valence-corrected chi connectivity index (χ3v) is 6.60. The van der Waals surface area contributed by atoms with Gasteiger partial charge in [0.1, 0.15) is 0 Å². The Morgan fingerprint density at radius 1 is 0.886 bits per heavy atom. The van der Waals surface area contributed by atoms with Crippen LogP contribution in [0.15, 0.2) is 72.9 Å². The van der Waals surface area contributed by atoms with E-state index in [1.54, 1.807) is 0 Å². The zero-order valence-electron chi connectivity index (χ0n) is 20.7. The first kappa shape index (κ1) is 22.9. The van der Waals surface area contributed by atoms with Crippen LogP contribution in [0.3, 0.4) is 0 Å². The van der Waals surface area contributed by atoms with Crippen molar-refractivity contribution < 1.29 is 4.74 Å². The maximum absolute atomic E-state index is 9.15. The van der Waals surface area contributed by atoms with Crippen LogP contribution in [0.25, 0.3) is 33.2 Å². The lowest BCUT2D eigenvalue weighted by atomic mass is 9.96. The van der Waals surface area contributed by atoms with Crippen LogP contribution in [0.4, 0.5) is 11.4 Å². The molecular weight excluding hydrogens is 432 g/mol. The molecule has 0 N–H and O–H groups in total. The molecule has 4 aromatic rings. The second kappa shape index (κ2) is 9.40. The molecule has 3 aromatic carbocycles. The summed E-state index contributed by atoms with van der Waals surface area (Å²) in [5, 5.41) is 10.3. The van der Waals surface area contributed by atoms with Gasteiger partial charge in [-0.3, -0.25) is 4.98 Å². The van der Waals surface area contributed by atoms with Crippen molar-refractivity contribution in [2.24, 2.45) is 0 Å². The molecule has 2 heterocycles. The van der Waals surface area contributed by atoms with E-state index in [1.165, 1.54) is 5.69 Å². The van der Waals surface area contributed by atoms with Crippen LogP contribution in [0.5, 0.6) is 0 Å². The lowest BCUT2D eigenvalue weighted by molar-refractivity contribution is -0.00521. The van der Waals surface area contributed by atoms with Crippen molar-refractivity contribution in [2.75, 3.05) is 37.0 Å². The molecule has 0 radical (unpaired) electrons. The smallest absolute Gasteiger partial charge is 0.0991 e. The van der Waals surface area contributed by atoms with Gasteiger partial charge in [0.05, 0.1) is 35.0 Å². The molecule has 176 valence electrons. The van der Waals surface area contributed by atoms with E-state index < -0.39 is 0 Å². The summed E-state index contributed by atoms with van der Waals surface area (Å²) in [6.07, 6.45) is 2.45. The minimum Gasteiger partial charge on any atom is -0.377 e. The predicted octanol–water partition coefficient (Wildman–Crippen LogP) is 6.12. The Bertz CT molecular complexity index is 1380. The summed E-state index contributed by atoms with van der Waals surface area (Å²) in [6.45, 7) is 6.07. The first-order chi connectivity index (χ1) is 16.9. The van der Waals surface area contributed by atoms with Crippen molar-refractivity contribution >= 4 is 22.3 Å². The molecule has 5 nitrogen and oxygen atoms in total. The number of ether oxygens (including phenoxy) is 1. The molecule has 0 spiro atoms. The predicted molar refractivity (Wildman–Crippen MR) is 144 cm³/mol. The lowest BCUT2D eigenvalue weighted by Gasteiger charge is -2.37. The number of morpholine rings is 1. The van der Waals surface area contributed by atoms with Gasteiger partial charge in [0.15, 0.2) is 0 Å². The first-order valence-electron chi connectivity index (χ1n) is 12.0. The molecule has 1 aromatic heterocycles. The van der Waals surface area contributed by atoms with Gasteiger partial charge >= 0.3 is 0 Å². The maximum atomic E-state index is 9.15. The van der Waals surface area contributed by atoms with Gasteiger partial charge in [0.2, 0.25) is 0 Å². The summed E-state index contributed by atoms with van der Waals surface area (Å²) >= 11 is 0. The first-order valence-corrected chi connectivity index (χ1v) is 12.0. The van der Waals surface area contributed by atoms with E-state index in [0.717, 1.165) is 51.9 Å². The van der Waals surface area contributed by atoms with Crippen molar-refractivity contribution in [3.63, 3.8) is 0 Å². The van der Waals surface area contributed by atoms with Crippen LogP contribution in [0.1, 0.15) is 19.4 Å². The summed E-state index contributed by atoms with van der Waals surface area (Å²) in [4.78, 5) is 9.50. The van der Waals surface area contributed by atoms with Gasteiger partial charge in [-0.2, -0.15) is 5.26 Å². The van der Waals surface area contributed by atoms with Gasteiger partial charge in [-0.15, -0.1) is 0 Å². The highest BCUT2D eigenvalue weighted by Crippen LogP contribution is 2.39. The van der Waals surface area contributed by atoms with Crippen LogP contribution < -0.4 is 9.80 Å². The van der Waals surface area contributed by atoms with Gasteiger partial charge in [0.25, 0.3) is 0 Å². The van der Waals surface area contributed by atoms with E-state index in [0.29, 0.717) is 5.56 Å². The van der Waals surface area contributed by atoms with Crippen molar-refractivity contribution in [3.05, 3.63) is 78.5 Å². The highest BCUT2D eigenvalue weighted by molar-refractivity contribution is 6.05. The molecule has 5 heteroatoms. The standard InChI is InChI=1S/C30H30N4O/c1-20-18-34(19-21(2)35-20)25-14-12-24(13-15-25)28-17-32-29-26(23-10-8-22(16-31)9-11-23)6-5-7-27(29)30(28)33(3)4/h5-15,17,20-21H,18-19H2,1-4H3/t20-,21+. The quantitative estimate of drug-likeness (QED) is 0.366. The molecule has 0 saturated carbocycles. The fraction of sp³-hybridized carbons (Fsp3) is 0.267. The van der Waals surface area contributed by atoms with Gasteiger partial charge < -0.3 is 14.5 Å². The molecule has 5 rings (SSSR count). The maximum Gasteiger partial charge on any atom is 0.0991 e. The molecule has 1 fully saturated rings. The molecule has 35 heavy (non-hydrogen) atoms. The highest BCUT2D eigenvalue weighted by atomic mass is 16.5. The summed E-state index contributed by atoms with van der Waals surface area (Å²) in [5.41, 5.74) is 8.34. The monoisotopic (exact) mass is 462 g/mol. The molecular formula is C30H30N4O. The van der Waals surface area contributed by atoms with Gasteiger partial charge in [-0.1, -0.05) is 42.5 Å². The number of benzene rings is 3. The topological polar surface area (TPSA) is 52.4 Å². The number of hydrogen-bond acceptors (Lipinski definition) is 5. The third kappa shape index (κ3) is 4.45. The Balaban J connectivity index is 1.56. The van der Waals surface area contributed by atoms with E-state index in [2.05, 4.69) is 86.3 Å². The zero-order chi connectivity index (χ0) is 24.5. The Labute approximate surface area is 207 Å². The number of fused-ring (bicyclic) bond motifs is 1. The van der Waals surface area contributed by atoms with Crippen LogP contribution in [0.2, 0.25) is 0 Å². The van der Waals surface area contributed by atoms with Gasteiger partial charge in [0, 0.05) is 55.6 Å². The summed E-state index contributed by atoms with van der Waals surface area (Å²) in [7, 11) is 4.16. The van der Waals surface area contributed by atoms with Crippen LogP contribution in [-0.2, 0) is 4.74 Å². The normalized spacial score (nSPS) is 17.9. The van der Waals surface area contributed by atoms with Crippen LogP contribution in [0, 0.1) is 11.3 Å². The number of hydrogen-bond donors (Lipinski definition) is 0. The Morgan fingerprint density at radius 2 is 1.51 bits per heavy atom. The number of anilines is 2. The van der Waals surface area contributed by atoms with E-state index in [9.17, 15) is 0 Å². The Hall–Kier alpha value is -3.88. The molecule has 0 bridgehead atoms. The average molecular weight is 463 g/mol. The molecule has 0 amide bonds. The molecule has 1 saturated heterocycles.